The molecule has 116 valence electrons. The summed E-state index contributed by atoms with van der Waals surface area (Å²) in [6, 6.07) is 4.53. The van der Waals surface area contributed by atoms with Gasteiger partial charge in [0.05, 0.1) is 4.90 Å². The van der Waals surface area contributed by atoms with Gasteiger partial charge in [0.1, 0.15) is 0 Å². The van der Waals surface area contributed by atoms with E-state index in [9.17, 15) is 13.2 Å². The van der Waals surface area contributed by atoms with Crippen molar-refractivity contribution in [2.24, 2.45) is 0 Å². The Hall–Kier alpha value is -2.22. The first-order valence-electron chi connectivity index (χ1n) is 7.01. The summed E-state index contributed by atoms with van der Waals surface area (Å²) < 4.78 is 31.8. The summed E-state index contributed by atoms with van der Waals surface area (Å²) in [6.45, 7) is 1.83. The predicted molar refractivity (Wildman–Crippen MR) is 78.2 cm³/mol. The SMILES string of the molecule is CCc1nc(NS(=O)(=O)c2ccc3c(c2)CCCC3=O)no1. The van der Waals surface area contributed by atoms with E-state index in [0.29, 0.717) is 30.7 Å². The number of fused-ring (bicyclic) bond motifs is 1. The highest BCUT2D eigenvalue weighted by molar-refractivity contribution is 7.92. The number of carbonyl (C=O) groups is 1. The average Bonchev–Trinajstić information content (AvgIpc) is 2.94. The quantitative estimate of drug-likeness (QED) is 0.923. The molecule has 0 unspecified atom stereocenters. The minimum Gasteiger partial charge on any atom is -0.337 e. The van der Waals surface area contributed by atoms with E-state index >= 15 is 0 Å². The molecular formula is C14H15N3O4S. The molecule has 8 heteroatoms. The summed E-state index contributed by atoms with van der Waals surface area (Å²) >= 11 is 0. The Balaban J connectivity index is 1.90. The number of hydrogen-bond donors (Lipinski definition) is 1. The van der Waals surface area contributed by atoms with Crippen molar-refractivity contribution in [3.8, 4) is 0 Å². The smallest absolute Gasteiger partial charge is 0.277 e. The highest BCUT2D eigenvalue weighted by Gasteiger charge is 2.22. The molecule has 0 saturated carbocycles. The maximum atomic E-state index is 12.3. The molecule has 1 aromatic heterocycles. The zero-order valence-electron chi connectivity index (χ0n) is 12.0. The molecule has 2 aromatic rings. The Kier molecular flexibility index (Phi) is 3.69. The van der Waals surface area contributed by atoms with Crippen LogP contribution in [0.3, 0.4) is 0 Å². The maximum absolute atomic E-state index is 12.3. The molecule has 0 aliphatic heterocycles. The first-order valence-corrected chi connectivity index (χ1v) is 8.49. The van der Waals surface area contributed by atoms with Gasteiger partial charge in [-0.15, -0.1) is 0 Å². The lowest BCUT2D eigenvalue weighted by Crippen LogP contribution is -2.16. The van der Waals surface area contributed by atoms with Gasteiger partial charge in [0.2, 0.25) is 5.89 Å². The molecule has 0 atom stereocenters. The fourth-order valence-electron chi connectivity index (χ4n) is 2.41. The summed E-state index contributed by atoms with van der Waals surface area (Å²) in [5.74, 6) is 0.322. The average molecular weight is 321 g/mol. The molecule has 0 fully saturated rings. The largest absolute Gasteiger partial charge is 0.337 e. The normalized spacial score (nSPS) is 14.7. The second kappa shape index (κ2) is 5.53. The van der Waals surface area contributed by atoms with E-state index in [2.05, 4.69) is 14.9 Å². The number of hydrogen-bond acceptors (Lipinski definition) is 6. The van der Waals surface area contributed by atoms with Gasteiger partial charge in [-0.25, -0.2) is 13.1 Å². The van der Waals surface area contributed by atoms with Crippen molar-refractivity contribution in [2.75, 3.05) is 4.72 Å². The minimum atomic E-state index is -3.81. The first kappa shape index (κ1) is 14.7. The number of sulfonamides is 1. The molecule has 1 aliphatic rings. The number of carbonyl (C=O) groups excluding carboxylic acids is 1. The van der Waals surface area contributed by atoms with Gasteiger partial charge in [-0.1, -0.05) is 6.92 Å². The summed E-state index contributed by atoms with van der Waals surface area (Å²) in [4.78, 5) is 15.8. The lowest BCUT2D eigenvalue weighted by molar-refractivity contribution is 0.0972. The fraction of sp³-hybridized carbons (Fsp3) is 0.357. The minimum absolute atomic E-state index is 0.0592. The lowest BCUT2D eigenvalue weighted by atomic mass is 9.91. The highest BCUT2D eigenvalue weighted by atomic mass is 32.2. The zero-order valence-corrected chi connectivity index (χ0v) is 12.8. The van der Waals surface area contributed by atoms with Crippen LogP contribution in [0.1, 0.15) is 41.6 Å². The number of anilines is 1. The third-order valence-electron chi connectivity index (χ3n) is 3.53. The van der Waals surface area contributed by atoms with E-state index in [-0.39, 0.29) is 16.6 Å². The third-order valence-corrected chi connectivity index (χ3v) is 4.86. The van der Waals surface area contributed by atoms with Gasteiger partial charge in [0.25, 0.3) is 16.0 Å². The predicted octanol–water partition coefficient (Wildman–Crippen LogP) is 1.95. The van der Waals surface area contributed by atoms with E-state index in [4.69, 9.17) is 4.52 Å². The fourth-order valence-corrected chi connectivity index (χ4v) is 3.39. The summed E-state index contributed by atoms with van der Waals surface area (Å²) in [6.07, 6.45) is 2.48. The summed E-state index contributed by atoms with van der Waals surface area (Å²) in [7, 11) is -3.81. The van der Waals surface area contributed by atoms with Crippen molar-refractivity contribution in [1.29, 1.82) is 0 Å². The van der Waals surface area contributed by atoms with Crippen LogP contribution in [-0.2, 0) is 22.9 Å². The van der Waals surface area contributed by atoms with Crippen LogP contribution >= 0.6 is 0 Å². The van der Waals surface area contributed by atoms with E-state index in [1.165, 1.54) is 12.1 Å². The number of nitrogens with zero attached hydrogens (tertiary/aromatic N) is 2. The Labute approximate surface area is 127 Å². The van der Waals surface area contributed by atoms with Crippen molar-refractivity contribution < 1.29 is 17.7 Å². The number of aromatic nitrogens is 2. The third kappa shape index (κ3) is 2.74. The number of aryl methyl sites for hydroxylation is 2. The summed E-state index contributed by atoms with van der Waals surface area (Å²) in [5.41, 5.74) is 1.37. The molecular weight excluding hydrogens is 306 g/mol. The van der Waals surface area contributed by atoms with Crippen molar-refractivity contribution in [3.05, 3.63) is 35.2 Å². The molecule has 0 spiro atoms. The van der Waals surface area contributed by atoms with Crippen LogP contribution < -0.4 is 4.72 Å². The van der Waals surface area contributed by atoms with Crippen molar-refractivity contribution in [3.63, 3.8) is 0 Å². The Bertz CT molecular complexity index is 826. The van der Waals surface area contributed by atoms with Gasteiger partial charge in [0.15, 0.2) is 5.78 Å². The number of nitrogens with one attached hydrogen (secondary N) is 1. The standard InChI is InChI=1S/C14H15N3O4S/c1-2-13-15-14(16-21-13)17-22(19,20)10-6-7-11-9(8-10)4-3-5-12(11)18/h6-8H,2-5H2,1H3,(H,16,17). The molecule has 0 saturated heterocycles. The molecule has 1 aliphatic carbocycles. The summed E-state index contributed by atoms with van der Waals surface area (Å²) in [5, 5.41) is 3.57. The number of Topliss-reactive ketones (excluding diaryl/α,β-unsaturated/α-hetero) is 1. The van der Waals surface area contributed by atoms with Crippen molar-refractivity contribution in [1.82, 2.24) is 10.1 Å². The van der Waals surface area contributed by atoms with E-state index < -0.39 is 10.0 Å². The van der Waals surface area contributed by atoms with Crippen LogP contribution in [0.25, 0.3) is 0 Å². The number of ketones is 1. The molecule has 0 amide bonds. The van der Waals surface area contributed by atoms with Crippen LogP contribution in [0.2, 0.25) is 0 Å². The zero-order chi connectivity index (χ0) is 15.7. The topological polar surface area (TPSA) is 102 Å². The van der Waals surface area contributed by atoms with Crippen molar-refractivity contribution in [2.45, 2.75) is 37.5 Å². The monoisotopic (exact) mass is 321 g/mol. The van der Waals surface area contributed by atoms with Crippen LogP contribution in [0.5, 0.6) is 0 Å². The second-order valence-electron chi connectivity index (χ2n) is 5.07. The van der Waals surface area contributed by atoms with Crippen LogP contribution in [0.15, 0.2) is 27.6 Å². The molecule has 7 nitrogen and oxygen atoms in total. The molecule has 0 radical (unpaired) electrons. The molecule has 3 rings (SSSR count). The van der Waals surface area contributed by atoms with Crippen LogP contribution in [-0.4, -0.2) is 24.3 Å². The van der Waals surface area contributed by atoms with E-state index in [1.807, 2.05) is 6.92 Å². The molecule has 1 N–H and O–H groups in total. The van der Waals surface area contributed by atoms with Gasteiger partial charge in [-0.05, 0) is 41.8 Å². The Morgan fingerprint density at radius 2 is 2.14 bits per heavy atom. The molecule has 1 aromatic carbocycles. The van der Waals surface area contributed by atoms with E-state index in [0.717, 1.165) is 12.0 Å². The van der Waals surface area contributed by atoms with Gasteiger partial charge in [0, 0.05) is 18.4 Å². The van der Waals surface area contributed by atoms with Gasteiger partial charge >= 0.3 is 0 Å². The van der Waals surface area contributed by atoms with E-state index in [1.54, 1.807) is 6.07 Å². The van der Waals surface area contributed by atoms with Gasteiger partial charge in [-0.3, -0.25) is 4.79 Å². The van der Waals surface area contributed by atoms with Gasteiger partial charge in [-0.2, -0.15) is 4.98 Å². The molecule has 1 heterocycles. The van der Waals surface area contributed by atoms with Crippen molar-refractivity contribution >= 4 is 21.8 Å². The Morgan fingerprint density at radius 1 is 1.32 bits per heavy atom. The highest BCUT2D eigenvalue weighted by Crippen LogP contribution is 2.25. The van der Waals surface area contributed by atoms with Crippen LogP contribution in [0.4, 0.5) is 5.95 Å². The number of rotatable bonds is 4. The molecule has 22 heavy (non-hydrogen) atoms. The second-order valence-corrected chi connectivity index (χ2v) is 6.75. The lowest BCUT2D eigenvalue weighted by Gasteiger charge is -2.15. The van der Waals surface area contributed by atoms with Gasteiger partial charge < -0.3 is 4.52 Å². The Morgan fingerprint density at radius 3 is 2.86 bits per heavy atom. The first-order chi connectivity index (χ1) is 10.5. The number of benzene rings is 1. The van der Waals surface area contributed by atoms with Crippen LogP contribution in [0, 0.1) is 0 Å². The maximum Gasteiger partial charge on any atom is 0.277 e. The molecule has 0 bridgehead atoms.